The first-order valence-corrected chi connectivity index (χ1v) is 17.9. The Labute approximate surface area is 275 Å². The van der Waals surface area contributed by atoms with Crippen LogP contribution in [0.25, 0.3) is 0 Å². The van der Waals surface area contributed by atoms with Gasteiger partial charge < -0.3 is 15.0 Å². The molecule has 3 rings (SSSR count). The standard InChI is InChI=1S/C32H39Cl2N3O5S2/c1-5-8-19-35-32(39)28(6-2)36(21-23-13-18-26(33)27(34)20-23)31(38)22-37(29-11-9-10-12-30(29)42-7-3)44(40,41)25-16-14-24(43-4)15-17-25/h9-18,20,28H,5-8,19,21-22H2,1-4H3,(H,35,39)/t28-/m1/s1. The fourth-order valence-corrected chi connectivity index (χ4v) is 6.74. The number of nitrogens with zero attached hydrogens (tertiary/aromatic N) is 2. The van der Waals surface area contributed by atoms with Gasteiger partial charge in [-0.05, 0) is 80.1 Å². The molecule has 0 unspecified atom stereocenters. The van der Waals surface area contributed by atoms with Gasteiger partial charge in [0.1, 0.15) is 18.3 Å². The number of carbonyl (C=O) groups is 2. The lowest BCUT2D eigenvalue weighted by atomic mass is 10.1. The molecule has 0 aliphatic carbocycles. The maximum Gasteiger partial charge on any atom is 0.264 e. The lowest BCUT2D eigenvalue weighted by Crippen LogP contribution is -2.52. The van der Waals surface area contributed by atoms with E-state index in [0.717, 1.165) is 22.0 Å². The molecule has 0 aliphatic rings. The van der Waals surface area contributed by atoms with Crippen molar-refractivity contribution in [2.24, 2.45) is 0 Å². The number of anilines is 1. The van der Waals surface area contributed by atoms with E-state index in [1.165, 1.54) is 28.8 Å². The molecule has 238 valence electrons. The minimum absolute atomic E-state index is 0.0127. The third-order valence-electron chi connectivity index (χ3n) is 6.91. The monoisotopic (exact) mass is 679 g/mol. The minimum Gasteiger partial charge on any atom is -0.492 e. The van der Waals surface area contributed by atoms with Gasteiger partial charge in [-0.25, -0.2) is 8.42 Å². The first-order chi connectivity index (χ1) is 21.1. The lowest BCUT2D eigenvalue weighted by Gasteiger charge is -2.33. The zero-order chi connectivity index (χ0) is 32.3. The van der Waals surface area contributed by atoms with Crippen molar-refractivity contribution in [1.29, 1.82) is 0 Å². The van der Waals surface area contributed by atoms with Crippen LogP contribution < -0.4 is 14.4 Å². The maximum atomic E-state index is 14.3. The van der Waals surface area contributed by atoms with E-state index in [1.807, 2.05) is 20.1 Å². The number of nitrogens with one attached hydrogen (secondary N) is 1. The van der Waals surface area contributed by atoms with E-state index in [2.05, 4.69) is 5.32 Å². The van der Waals surface area contributed by atoms with Crippen LogP contribution in [0.3, 0.4) is 0 Å². The Morgan fingerprint density at radius 1 is 0.977 bits per heavy atom. The zero-order valence-electron chi connectivity index (χ0n) is 25.4. The predicted octanol–water partition coefficient (Wildman–Crippen LogP) is 7.03. The quantitative estimate of drug-likeness (QED) is 0.129. The summed E-state index contributed by atoms with van der Waals surface area (Å²) >= 11 is 13.9. The molecule has 12 heteroatoms. The molecule has 0 saturated heterocycles. The van der Waals surface area contributed by atoms with E-state index in [9.17, 15) is 18.0 Å². The smallest absolute Gasteiger partial charge is 0.264 e. The highest BCUT2D eigenvalue weighted by Crippen LogP contribution is 2.33. The van der Waals surface area contributed by atoms with Gasteiger partial charge in [-0.15, -0.1) is 11.8 Å². The Balaban J connectivity index is 2.10. The second-order valence-corrected chi connectivity index (χ2v) is 13.5. The summed E-state index contributed by atoms with van der Waals surface area (Å²) in [6.07, 6.45) is 3.90. The highest BCUT2D eigenvalue weighted by molar-refractivity contribution is 7.98. The minimum atomic E-state index is -4.25. The molecule has 3 aromatic carbocycles. The lowest BCUT2D eigenvalue weighted by molar-refractivity contribution is -0.140. The van der Waals surface area contributed by atoms with E-state index in [1.54, 1.807) is 61.5 Å². The van der Waals surface area contributed by atoms with E-state index in [0.29, 0.717) is 40.9 Å². The number of ether oxygens (including phenoxy) is 1. The number of hydrogen-bond donors (Lipinski definition) is 1. The van der Waals surface area contributed by atoms with Gasteiger partial charge in [0.25, 0.3) is 10.0 Å². The number of unbranched alkanes of at least 4 members (excludes halogenated alkanes) is 1. The van der Waals surface area contributed by atoms with Gasteiger partial charge in [0.2, 0.25) is 11.8 Å². The van der Waals surface area contributed by atoms with Gasteiger partial charge in [-0.2, -0.15) is 0 Å². The van der Waals surface area contributed by atoms with E-state index >= 15 is 0 Å². The number of sulfonamides is 1. The summed E-state index contributed by atoms with van der Waals surface area (Å²) in [5.41, 5.74) is 0.857. The summed E-state index contributed by atoms with van der Waals surface area (Å²) in [7, 11) is -4.25. The van der Waals surface area contributed by atoms with Crippen molar-refractivity contribution >= 4 is 62.5 Å². The summed E-state index contributed by atoms with van der Waals surface area (Å²) in [5, 5.41) is 3.58. The molecule has 3 aromatic rings. The number of carbonyl (C=O) groups excluding carboxylic acids is 2. The summed E-state index contributed by atoms with van der Waals surface area (Å²) in [6.45, 7) is 5.83. The van der Waals surface area contributed by atoms with Crippen molar-refractivity contribution < 1.29 is 22.7 Å². The molecule has 0 fully saturated rings. The van der Waals surface area contributed by atoms with Gasteiger partial charge >= 0.3 is 0 Å². The van der Waals surface area contributed by atoms with Crippen molar-refractivity contribution in [3.05, 3.63) is 82.3 Å². The highest BCUT2D eigenvalue weighted by Gasteiger charge is 2.34. The largest absolute Gasteiger partial charge is 0.492 e. The van der Waals surface area contributed by atoms with Crippen LogP contribution in [0.1, 0.15) is 45.6 Å². The highest BCUT2D eigenvalue weighted by atomic mass is 35.5. The number of rotatable bonds is 16. The van der Waals surface area contributed by atoms with Gasteiger partial charge in [0, 0.05) is 18.0 Å². The fraction of sp³-hybridized carbons (Fsp3) is 0.375. The zero-order valence-corrected chi connectivity index (χ0v) is 28.5. The molecule has 0 heterocycles. The summed E-state index contributed by atoms with van der Waals surface area (Å²) in [6, 6.07) is 17.3. The van der Waals surface area contributed by atoms with Crippen LogP contribution in [0.2, 0.25) is 10.0 Å². The Hall–Kier alpha value is -2.92. The predicted molar refractivity (Wildman–Crippen MR) is 179 cm³/mol. The third kappa shape index (κ3) is 9.06. The van der Waals surface area contributed by atoms with Crippen molar-refractivity contribution in [3.63, 3.8) is 0 Å². The Kier molecular flexibility index (Phi) is 13.7. The van der Waals surface area contributed by atoms with Gasteiger partial charge in [0.15, 0.2) is 0 Å². The number of halogens is 2. The normalized spacial score (nSPS) is 12.0. The van der Waals surface area contributed by atoms with Gasteiger partial charge in [0.05, 0.1) is 27.2 Å². The first-order valence-electron chi connectivity index (χ1n) is 14.5. The second kappa shape index (κ2) is 17.0. The van der Waals surface area contributed by atoms with Crippen molar-refractivity contribution in [1.82, 2.24) is 10.2 Å². The van der Waals surface area contributed by atoms with Crippen LogP contribution >= 0.6 is 35.0 Å². The topological polar surface area (TPSA) is 96.0 Å². The average Bonchev–Trinajstić information content (AvgIpc) is 3.02. The Morgan fingerprint density at radius 2 is 1.68 bits per heavy atom. The molecule has 8 nitrogen and oxygen atoms in total. The molecular weight excluding hydrogens is 641 g/mol. The number of thioether (sulfide) groups is 1. The van der Waals surface area contributed by atoms with Gasteiger partial charge in [-0.3, -0.25) is 13.9 Å². The molecular formula is C32H39Cl2N3O5S2. The van der Waals surface area contributed by atoms with E-state index < -0.39 is 28.5 Å². The molecule has 0 spiro atoms. The van der Waals surface area contributed by atoms with E-state index in [-0.39, 0.29) is 23.0 Å². The Morgan fingerprint density at radius 3 is 2.30 bits per heavy atom. The van der Waals surface area contributed by atoms with Gasteiger partial charge in [-0.1, -0.05) is 61.7 Å². The first kappa shape index (κ1) is 35.6. The summed E-state index contributed by atoms with van der Waals surface area (Å²) < 4.78 is 35.3. The van der Waals surface area contributed by atoms with Crippen LogP contribution in [0.4, 0.5) is 5.69 Å². The van der Waals surface area contributed by atoms with Crippen LogP contribution in [-0.4, -0.2) is 57.1 Å². The van der Waals surface area contributed by atoms with Crippen LogP contribution in [0, 0.1) is 0 Å². The van der Waals surface area contributed by atoms with Crippen molar-refractivity contribution in [3.8, 4) is 5.75 Å². The van der Waals surface area contributed by atoms with Crippen molar-refractivity contribution in [2.75, 3.05) is 30.3 Å². The molecule has 0 aromatic heterocycles. The number of amides is 2. The van der Waals surface area contributed by atoms with E-state index in [4.69, 9.17) is 27.9 Å². The molecule has 1 N–H and O–H groups in total. The van der Waals surface area contributed by atoms with Crippen molar-refractivity contribution in [2.45, 2.75) is 62.4 Å². The molecule has 0 saturated carbocycles. The van der Waals surface area contributed by atoms with Crippen LogP contribution in [0.15, 0.2) is 76.5 Å². The third-order valence-corrected chi connectivity index (χ3v) is 10.2. The molecule has 44 heavy (non-hydrogen) atoms. The fourth-order valence-electron chi connectivity index (χ4n) is 4.59. The molecule has 0 radical (unpaired) electrons. The number of hydrogen-bond acceptors (Lipinski definition) is 6. The Bertz CT molecular complexity index is 1520. The molecule has 2 amide bonds. The second-order valence-electron chi connectivity index (χ2n) is 9.93. The molecule has 1 atom stereocenters. The molecule has 0 bridgehead atoms. The van der Waals surface area contributed by atoms with Crippen LogP contribution in [0.5, 0.6) is 5.75 Å². The maximum absolute atomic E-state index is 14.3. The average molecular weight is 681 g/mol. The summed E-state index contributed by atoms with van der Waals surface area (Å²) in [5.74, 6) is -0.567. The summed E-state index contributed by atoms with van der Waals surface area (Å²) in [4.78, 5) is 30.0. The number of para-hydroxylation sites is 2. The SMILES string of the molecule is CCCCNC(=O)[C@@H](CC)N(Cc1ccc(Cl)c(Cl)c1)C(=O)CN(c1ccccc1OCC)S(=O)(=O)c1ccc(SC)cc1. The number of benzene rings is 3. The van der Waals surface area contributed by atoms with Crippen LogP contribution in [-0.2, 0) is 26.2 Å². The molecule has 0 aliphatic heterocycles.